The Morgan fingerprint density at radius 3 is 1.69 bits per heavy atom. The predicted molar refractivity (Wildman–Crippen MR) is 119 cm³/mol. The van der Waals surface area contributed by atoms with E-state index in [9.17, 15) is 23.5 Å². The van der Waals surface area contributed by atoms with Gasteiger partial charge in [-0.2, -0.15) is 18.0 Å². The van der Waals surface area contributed by atoms with E-state index in [1.54, 1.807) is 0 Å². The molecule has 0 aliphatic carbocycles. The molecule has 1 aromatic heterocycles. The Morgan fingerprint density at radius 2 is 1.31 bits per heavy atom. The van der Waals surface area contributed by atoms with Gasteiger partial charge >= 0.3 is 6.18 Å². The van der Waals surface area contributed by atoms with Crippen molar-refractivity contribution in [3.63, 3.8) is 0 Å². The van der Waals surface area contributed by atoms with Crippen molar-refractivity contribution < 1.29 is 27.6 Å². The van der Waals surface area contributed by atoms with Crippen molar-refractivity contribution in [2.45, 2.75) is 85.2 Å². The molecule has 0 amide bonds. The highest BCUT2D eigenvalue weighted by atomic mass is 19.4. The number of fused-ring (bicyclic) bond motifs is 1. The van der Waals surface area contributed by atoms with E-state index in [-0.39, 0.29) is 10.4 Å². The highest BCUT2D eigenvalue weighted by Gasteiger charge is 2.32. The summed E-state index contributed by atoms with van der Waals surface area (Å²) in [6, 6.07) is 0.983. The third kappa shape index (κ3) is 8.48. The van der Waals surface area contributed by atoms with Gasteiger partial charge in [0.25, 0.3) is 0 Å². The van der Waals surface area contributed by atoms with Crippen LogP contribution in [-0.2, 0) is 6.18 Å². The van der Waals surface area contributed by atoms with Crippen LogP contribution in [0.1, 0.15) is 84.6 Å². The molecule has 0 unspecified atom stereocenters. The van der Waals surface area contributed by atoms with Gasteiger partial charge in [-0.3, -0.25) is 0 Å². The number of aromatic nitrogens is 3. The lowest BCUT2D eigenvalue weighted by Crippen LogP contribution is -2.50. The number of nitrogens with one attached hydrogen (secondary N) is 1. The summed E-state index contributed by atoms with van der Waals surface area (Å²) in [7, 11) is 0. The van der Waals surface area contributed by atoms with Crippen LogP contribution in [-0.4, -0.2) is 41.0 Å². The molecule has 0 saturated heterocycles. The van der Waals surface area contributed by atoms with Crippen molar-refractivity contribution in [3.05, 3.63) is 22.9 Å². The van der Waals surface area contributed by atoms with E-state index in [0.717, 1.165) is 0 Å². The molecule has 0 aliphatic rings. The zero-order valence-electron chi connectivity index (χ0n) is 19.9. The highest BCUT2D eigenvalue weighted by molar-refractivity contribution is 5.78. The Bertz CT molecular complexity index is 756. The lowest BCUT2D eigenvalue weighted by atomic mass is 10.1. The maximum atomic E-state index is 12.3. The van der Waals surface area contributed by atoms with E-state index in [1.165, 1.54) is 82.0 Å². The molecule has 0 atom stereocenters. The summed E-state index contributed by atoms with van der Waals surface area (Å²) in [6.45, 7) is 15.0. The van der Waals surface area contributed by atoms with Crippen LogP contribution in [0.4, 0.5) is 13.2 Å². The average Bonchev–Trinajstić information content (AvgIpc) is 3.14. The smallest absolute Gasteiger partial charge is 0.416 e. The first-order valence-corrected chi connectivity index (χ1v) is 11.8. The standard InChI is InChI=1S/C16H36N.C7H4F3N3O2/c1-5-9-13-17(14-10-6-2,15-11-7-3)16-12-8-4;8-7(9,10)3-1-4-6(5(14)2-3)11-12-13(4)15/h5-16H2,1-4H3;1-2,12,14H/q+1;/p-1. The van der Waals surface area contributed by atoms with Crippen LogP contribution in [0.15, 0.2) is 12.1 Å². The highest BCUT2D eigenvalue weighted by Crippen LogP contribution is 2.33. The van der Waals surface area contributed by atoms with E-state index in [2.05, 4.69) is 32.8 Å². The fraction of sp³-hybridized carbons (Fsp3) is 0.739. The number of alkyl halides is 3. The minimum absolute atomic E-state index is 0.00593. The Morgan fingerprint density at radius 1 is 0.875 bits per heavy atom. The van der Waals surface area contributed by atoms with Gasteiger partial charge in [0.05, 0.1) is 31.7 Å². The van der Waals surface area contributed by atoms with Crippen LogP contribution in [0.25, 0.3) is 11.0 Å². The quantitative estimate of drug-likeness (QED) is 0.265. The predicted octanol–water partition coefficient (Wildman–Crippen LogP) is 5.29. The van der Waals surface area contributed by atoms with Crippen LogP contribution >= 0.6 is 0 Å². The number of rotatable bonds is 12. The summed E-state index contributed by atoms with van der Waals surface area (Å²) >= 11 is 0. The van der Waals surface area contributed by atoms with Crippen molar-refractivity contribution in [3.8, 4) is 5.75 Å². The zero-order valence-corrected chi connectivity index (χ0v) is 19.9. The van der Waals surface area contributed by atoms with Crippen molar-refractivity contribution >= 4 is 11.0 Å². The molecule has 0 radical (unpaired) electrons. The SMILES string of the molecule is CCCC[N+](CCCC)(CCCC)CCCC.[O-]c1cc(C(F)(F)F)cc2c1n[nH][n+]2[O-]. The lowest BCUT2D eigenvalue weighted by molar-refractivity contribution is -0.929. The Hall–Kier alpha value is -2.03. The molecule has 9 heteroatoms. The molecule has 2 rings (SSSR count). The van der Waals surface area contributed by atoms with Gasteiger partial charge in [-0.1, -0.05) is 64.7 Å². The third-order valence-electron chi connectivity index (χ3n) is 5.80. The number of hydrogen-bond acceptors (Lipinski definition) is 3. The van der Waals surface area contributed by atoms with Gasteiger partial charge in [0.1, 0.15) is 0 Å². The number of halogens is 3. The van der Waals surface area contributed by atoms with Gasteiger partial charge in [-0.05, 0) is 31.4 Å². The Labute approximate surface area is 189 Å². The first kappa shape index (κ1) is 28.0. The van der Waals surface area contributed by atoms with Crippen molar-refractivity contribution in [1.29, 1.82) is 0 Å². The second-order valence-electron chi connectivity index (χ2n) is 8.50. The molecule has 1 aromatic carbocycles. The van der Waals surface area contributed by atoms with Gasteiger partial charge in [0.2, 0.25) is 11.0 Å². The van der Waals surface area contributed by atoms with Crippen LogP contribution in [0.5, 0.6) is 5.75 Å². The number of aromatic amines is 1. The molecule has 1 N–H and O–H groups in total. The van der Waals surface area contributed by atoms with Gasteiger partial charge in [0, 0.05) is 11.2 Å². The molecule has 0 saturated carbocycles. The summed E-state index contributed by atoms with van der Waals surface area (Å²) in [5.41, 5.74) is -1.89. The minimum atomic E-state index is -4.66. The minimum Gasteiger partial charge on any atom is -0.869 e. The van der Waals surface area contributed by atoms with E-state index >= 15 is 0 Å². The molecule has 6 nitrogen and oxygen atoms in total. The molecule has 0 bridgehead atoms. The average molecular weight is 461 g/mol. The van der Waals surface area contributed by atoms with Gasteiger partial charge in [-0.15, -0.1) is 0 Å². The number of hydrogen-bond donors (Lipinski definition) is 1. The summed E-state index contributed by atoms with van der Waals surface area (Å²) in [6.07, 6.45) is 6.41. The van der Waals surface area contributed by atoms with Crippen LogP contribution in [0.3, 0.4) is 0 Å². The molecule has 32 heavy (non-hydrogen) atoms. The molecule has 184 valence electrons. The molecule has 1 heterocycles. The largest absolute Gasteiger partial charge is 0.869 e. The van der Waals surface area contributed by atoms with Crippen LogP contribution in [0.2, 0.25) is 0 Å². The number of nitrogens with zero attached hydrogens (tertiary/aromatic N) is 3. The van der Waals surface area contributed by atoms with Gasteiger partial charge in [-0.25, -0.2) is 0 Å². The summed E-state index contributed by atoms with van der Waals surface area (Å²) in [4.78, 5) is 0.00593. The summed E-state index contributed by atoms with van der Waals surface area (Å²) in [5.74, 6) is -0.939. The maximum absolute atomic E-state index is 12.3. The molecule has 2 aromatic rings. The normalized spacial score (nSPS) is 12.1. The Balaban J connectivity index is 0.000000321. The van der Waals surface area contributed by atoms with Crippen LogP contribution in [0, 0.1) is 5.21 Å². The number of quaternary nitrogens is 1. The van der Waals surface area contributed by atoms with Gasteiger partial charge in [0.15, 0.2) is 0 Å². The van der Waals surface area contributed by atoms with Crippen LogP contribution < -0.4 is 9.95 Å². The fourth-order valence-electron chi connectivity index (χ4n) is 3.82. The molecular weight excluding hydrogens is 421 g/mol. The maximum Gasteiger partial charge on any atom is 0.416 e. The fourth-order valence-corrected chi connectivity index (χ4v) is 3.82. The monoisotopic (exact) mass is 460 g/mol. The van der Waals surface area contributed by atoms with Crippen molar-refractivity contribution in [1.82, 2.24) is 10.3 Å². The van der Waals surface area contributed by atoms with E-state index in [4.69, 9.17) is 0 Å². The third-order valence-corrected chi connectivity index (χ3v) is 5.80. The lowest BCUT2D eigenvalue weighted by Gasteiger charge is -2.39. The summed E-state index contributed by atoms with van der Waals surface area (Å²) in [5, 5.41) is 27.2. The zero-order chi connectivity index (χ0) is 24.2. The second-order valence-corrected chi connectivity index (χ2v) is 8.50. The molecular formula is C23H39F3N4O2. The number of benzene rings is 1. The van der Waals surface area contributed by atoms with E-state index in [1.807, 2.05) is 5.21 Å². The molecule has 0 aliphatic heterocycles. The second kappa shape index (κ2) is 13.5. The molecule has 0 spiro atoms. The Kier molecular flexibility index (Phi) is 11.8. The van der Waals surface area contributed by atoms with Crippen molar-refractivity contribution in [2.24, 2.45) is 0 Å². The number of H-pyrrole nitrogens is 1. The topological polar surface area (TPSA) is 78.7 Å². The van der Waals surface area contributed by atoms with E-state index in [0.29, 0.717) is 12.1 Å². The van der Waals surface area contributed by atoms with Crippen molar-refractivity contribution in [2.75, 3.05) is 26.2 Å². The first-order valence-electron chi connectivity index (χ1n) is 11.8. The van der Waals surface area contributed by atoms with E-state index < -0.39 is 23.0 Å². The van der Waals surface area contributed by atoms with Gasteiger partial charge < -0.3 is 14.8 Å². The summed E-state index contributed by atoms with van der Waals surface area (Å²) < 4.78 is 38.2. The molecule has 0 fully saturated rings. The first-order chi connectivity index (χ1) is 15.1. The number of unbranched alkanes of at least 4 members (excludes halogenated alkanes) is 4.